The number of hydrogen-bond acceptors (Lipinski definition) is 10. The van der Waals surface area contributed by atoms with Gasteiger partial charge in [0.25, 0.3) is 5.91 Å². The number of nitrogens with zero attached hydrogens (tertiary/aromatic N) is 3. The number of aromatic nitrogens is 3. The van der Waals surface area contributed by atoms with Gasteiger partial charge in [0.15, 0.2) is 11.5 Å². The molecular weight excluding hydrogens is 532 g/mol. The number of ether oxygens (including phenoxy) is 1. The lowest BCUT2D eigenvalue weighted by Crippen LogP contribution is -2.13. The van der Waals surface area contributed by atoms with Crippen LogP contribution in [0.4, 0.5) is 26.1 Å². The zero-order chi connectivity index (χ0) is 28.2. The van der Waals surface area contributed by atoms with Crippen LogP contribution in [0.3, 0.4) is 0 Å². The number of alkyl halides is 2. The normalized spacial score (nSPS) is 10.3. The number of aryl methyl sites for hydroxylation is 1. The van der Waals surface area contributed by atoms with Crippen LogP contribution >= 0.6 is 11.3 Å². The Balaban J connectivity index is 0.000000320. The highest BCUT2D eigenvalue weighted by Crippen LogP contribution is 2.31. The number of phenolic OH excluding ortho intramolecular Hbond substituents is 1. The molecule has 4 rings (SSSR count). The van der Waals surface area contributed by atoms with Gasteiger partial charge in [0, 0.05) is 30.7 Å². The van der Waals surface area contributed by atoms with Gasteiger partial charge in [-0.15, -0.1) is 11.3 Å². The Hall–Kier alpha value is -4.85. The first-order valence-electron chi connectivity index (χ1n) is 11.3. The summed E-state index contributed by atoms with van der Waals surface area (Å²) in [7, 11) is 0. The second-order valence-electron chi connectivity index (χ2n) is 7.75. The van der Waals surface area contributed by atoms with E-state index in [9.17, 15) is 23.5 Å². The summed E-state index contributed by atoms with van der Waals surface area (Å²) >= 11 is 1.11. The first-order chi connectivity index (χ1) is 18.8. The molecule has 0 bridgehead atoms. The molecule has 0 fully saturated rings. The minimum Gasteiger partial charge on any atom is -0.504 e. The smallest absolute Gasteiger partial charge is 0.387 e. The first-order valence-corrected chi connectivity index (χ1v) is 12.2. The molecule has 4 aromatic rings. The van der Waals surface area contributed by atoms with Crippen LogP contribution in [-0.4, -0.2) is 39.0 Å². The summed E-state index contributed by atoms with van der Waals surface area (Å²) in [6.07, 6.45) is 3.97. The van der Waals surface area contributed by atoms with Gasteiger partial charge in [-0.1, -0.05) is 6.07 Å². The SMILES string of the molecule is Cc1cccnc1CNC=O.Nc1cc(CNc2ncsc2C(=O)Nc2ccc(O)c(OC(F)F)c2)ccn1. The lowest BCUT2D eigenvalue weighted by molar-refractivity contribution is -0.109. The fourth-order valence-electron chi connectivity index (χ4n) is 3.14. The maximum Gasteiger partial charge on any atom is 0.387 e. The molecule has 1 aromatic carbocycles. The maximum absolute atomic E-state index is 12.5. The van der Waals surface area contributed by atoms with Crippen molar-refractivity contribution in [3.05, 3.63) is 82.1 Å². The summed E-state index contributed by atoms with van der Waals surface area (Å²) in [5.41, 5.74) is 10.2. The predicted molar refractivity (Wildman–Crippen MR) is 143 cm³/mol. The van der Waals surface area contributed by atoms with E-state index in [0.717, 1.165) is 40.3 Å². The third-order valence-electron chi connectivity index (χ3n) is 4.98. The van der Waals surface area contributed by atoms with Gasteiger partial charge in [0.1, 0.15) is 16.5 Å². The van der Waals surface area contributed by atoms with Crippen molar-refractivity contribution < 1.29 is 28.2 Å². The zero-order valence-electron chi connectivity index (χ0n) is 20.6. The average molecular weight is 558 g/mol. The van der Waals surface area contributed by atoms with Crippen LogP contribution in [0.1, 0.15) is 26.5 Å². The lowest BCUT2D eigenvalue weighted by Gasteiger charge is -2.10. The molecule has 0 aliphatic carbocycles. The van der Waals surface area contributed by atoms with Crippen LogP contribution in [0, 0.1) is 6.92 Å². The van der Waals surface area contributed by atoms with E-state index in [1.807, 2.05) is 19.1 Å². The second kappa shape index (κ2) is 14.2. The number of thiazole rings is 1. The minimum absolute atomic E-state index is 0.180. The summed E-state index contributed by atoms with van der Waals surface area (Å²) in [5.74, 6) is -0.654. The molecular formula is C25H25F2N7O4S. The Kier molecular flexibility index (Phi) is 10.4. The van der Waals surface area contributed by atoms with E-state index >= 15 is 0 Å². The quantitative estimate of drug-likeness (QED) is 0.144. The number of pyridine rings is 2. The Bertz CT molecular complexity index is 1400. The third kappa shape index (κ3) is 8.89. The molecule has 11 nitrogen and oxygen atoms in total. The topological polar surface area (TPSA) is 164 Å². The average Bonchev–Trinajstić information content (AvgIpc) is 3.38. The predicted octanol–water partition coefficient (Wildman–Crippen LogP) is 3.93. The number of phenols is 1. The van der Waals surface area contributed by atoms with Gasteiger partial charge in [-0.3, -0.25) is 14.6 Å². The van der Waals surface area contributed by atoms with Gasteiger partial charge in [0.2, 0.25) is 6.41 Å². The highest BCUT2D eigenvalue weighted by Gasteiger charge is 2.17. The van der Waals surface area contributed by atoms with Crippen molar-refractivity contribution >= 4 is 41.0 Å². The van der Waals surface area contributed by atoms with Gasteiger partial charge < -0.3 is 31.5 Å². The minimum atomic E-state index is -3.10. The summed E-state index contributed by atoms with van der Waals surface area (Å²) in [6.45, 7) is -0.246. The Morgan fingerprint density at radius 3 is 2.69 bits per heavy atom. The number of halogens is 2. The number of hydrogen-bond donors (Lipinski definition) is 5. The van der Waals surface area contributed by atoms with Crippen LogP contribution in [-0.2, 0) is 17.9 Å². The van der Waals surface area contributed by atoms with Crippen LogP contribution in [0.5, 0.6) is 11.5 Å². The Labute approximate surface area is 226 Å². The van der Waals surface area contributed by atoms with Crippen molar-refractivity contribution in [2.45, 2.75) is 26.6 Å². The molecule has 0 aliphatic heterocycles. The largest absolute Gasteiger partial charge is 0.504 e. The number of nitrogens with two attached hydrogens (primary N) is 1. The monoisotopic (exact) mass is 557 g/mol. The number of anilines is 3. The summed E-state index contributed by atoms with van der Waals surface area (Å²) in [6, 6.07) is 10.9. The van der Waals surface area contributed by atoms with Crippen LogP contribution in [0.2, 0.25) is 0 Å². The van der Waals surface area contributed by atoms with E-state index in [4.69, 9.17) is 5.73 Å². The summed E-state index contributed by atoms with van der Waals surface area (Å²) in [4.78, 5) is 34.9. The molecule has 0 aliphatic rings. The zero-order valence-corrected chi connectivity index (χ0v) is 21.4. The molecule has 0 saturated carbocycles. The van der Waals surface area contributed by atoms with Crippen LogP contribution in [0.15, 0.2) is 60.4 Å². The van der Waals surface area contributed by atoms with Gasteiger partial charge in [0.05, 0.1) is 17.7 Å². The second-order valence-corrected chi connectivity index (χ2v) is 8.61. The van der Waals surface area contributed by atoms with E-state index in [2.05, 4.69) is 35.6 Å². The van der Waals surface area contributed by atoms with E-state index in [-0.39, 0.29) is 5.69 Å². The maximum atomic E-state index is 12.5. The van der Waals surface area contributed by atoms with Crippen molar-refractivity contribution in [2.75, 3.05) is 16.4 Å². The van der Waals surface area contributed by atoms with Crippen LogP contribution < -0.4 is 26.4 Å². The Morgan fingerprint density at radius 2 is 1.97 bits per heavy atom. The molecule has 0 radical (unpaired) electrons. The standard InChI is InChI=1S/C17H15F2N5O3S.C8H10N2O/c18-17(19)27-12-6-10(1-2-11(12)25)24-16(26)14-15(23-8-28-14)22-7-9-3-4-21-13(20)5-9;1-7-3-2-4-10-8(7)5-9-6-11/h1-6,8,17,22,25H,7H2,(H2,20,21)(H,24,26);2-4,6H,5H2,1H3,(H,9,11). The molecule has 0 atom stereocenters. The fourth-order valence-corrected chi connectivity index (χ4v) is 3.79. The van der Waals surface area contributed by atoms with Crippen molar-refractivity contribution in [3.63, 3.8) is 0 Å². The number of benzene rings is 1. The van der Waals surface area contributed by atoms with Crippen LogP contribution in [0.25, 0.3) is 0 Å². The van der Waals surface area contributed by atoms with Gasteiger partial charge >= 0.3 is 6.61 Å². The fraction of sp³-hybridized carbons (Fsp3) is 0.160. The first kappa shape index (κ1) is 28.7. The van der Waals surface area contributed by atoms with E-state index in [1.54, 1.807) is 24.5 Å². The molecule has 3 heterocycles. The highest BCUT2D eigenvalue weighted by molar-refractivity contribution is 7.12. The number of carbonyl (C=O) groups excluding carboxylic acids is 2. The lowest BCUT2D eigenvalue weighted by atomic mass is 10.2. The molecule has 0 saturated heterocycles. The van der Waals surface area contributed by atoms with Crippen molar-refractivity contribution in [2.24, 2.45) is 0 Å². The third-order valence-corrected chi connectivity index (χ3v) is 5.81. The molecule has 14 heteroatoms. The number of amides is 2. The molecule has 6 N–H and O–H groups in total. The van der Waals surface area contributed by atoms with E-state index in [0.29, 0.717) is 36.0 Å². The highest BCUT2D eigenvalue weighted by atomic mass is 32.1. The molecule has 2 amide bonds. The molecule has 3 aromatic heterocycles. The van der Waals surface area contributed by atoms with E-state index < -0.39 is 24.0 Å². The van der Waals surface area contributed by atoms with Crippen molar-refractivity contribution in [1.82, 2.24) is 20.3 Å². The number of carbonyl (C=O) groups is 2. The number of nitrogens with one attached hydrogen (secondary N) is 3. The molecule has 0 spiro atoms. The molecule has 204 valence electrons. The summed E-state index contributed by atoms with van der Waals surface area (Å²) in [5, 5.41) is 17.7. The van der Waals surface area contributed by atoms with Gasteiger partial charge in [-0.25, -0.2) is 9.97 Å². The molecule has 39 heavy (non-hydrogen) atoms. The molecule has 0 unspecified atom stereocenters. The number of aromatic hydroxyl groups is 1. The number of nitrogen functional groups attached to an aromatic ring is 1. The van der Waals surface area contributed by atoms with E-state index in [1.165, 1.54) is 11.6 Å². The Morgan fingerprint density at radius 1 is 1.15 bits per heavy atom. The van der Waals surface area contributed by atoms with Crippen molar-refractivity contribution in [1.29, 1.82) is 0 Å². The summed E-state index contributed by atoms with van der Waals surface area (Å²) < 4.78 is 29.0. The van der Waals surface area contributed by atoms with Crippen molar-refractivity contribution in [3.8, 4) is 11.5 Å². The van der Waals surface area contributed by atoms with Gasteiger partial charge in [-0.2, -0.15) is 8.78 Å². The van der Waals surface area contributed by atoms with Gasteiger partial charge in [-0.05, 0) is 48.4 Å². The number of rotatable bonds is 10.